The van der Waals surface area contributed by atoms with Crippen molar-refractivity contribution in [3.63, 3.8) is 0 Å². The molecule has 0 atom stereocenters. The van der Waals surface area contributed by atoms with Crippen molar-refractivity contribution in [3.8, 4) is 0 Å². The van der Waals surface area contributed by atoms with Gasteiger partial charge < -0.3 is 4.74 Å². The zero-order valence-electron chi connectivity index (χ0n) is 5.51. The van der Waals surface area contributed by atoms with E-state index in [0.717, 1.165) is 0 Å². The minimum absolute atomic E-state index is 0.596. The smallest absolute Gasteiger partial charge is 0.0728 e. The number of halogens is 1. The van der Waals surface area contributed by atoms with E-state index >= 15 is 0 Å². The molecule has 1 radical (unpaired) electrons. The molecule has 2 heteroatoms. The standard InChI is InChI=1S/C8H8IO/c1-10-6-7-4-2-3-5-8(7)9/h2-5H,1,6H2. The van der Waals surface area contributed by atoms with E-state index < -0.39 is 0 Å². The summed E-state index contributed by atoms with van der Waals surface area (Å²) in [5.41, 5.74) is 1.19. The van der Waals surface area contributed by atoms with E-state index in [-0.39, 0.29) is 0 Å². The molecule has 0 N–H and O–H groups in total. The topological polar surface area (TPSA) is 9.23 Å². The van der Waals surface area contributed by atoms with Crippen molar-refractivity contribution in [2.75, 3.05) is 0 Å². The predicted molar refractivity (Wildman–Crippen MR) is 49.3 cm³/mol. The highest BCUT2D eigenvalue weighted by Crippen LogP contribution is 2.11. The van der Waals surface area contributed by atoms with Gasteiger partial charge in [0.05, 0.1) is 13.7 Å². The van der Waals surface area contributed by atoms with E-state index in [1.54, 1.807) is 0 Å². The van der Waals surface area contributed by atoms with Crippen LogP contribution in [0.2, 0.25) is 0 Å². The van der Waals surface area contributed by atoms with Gasteiger partial charge in [0.25, 0.3) is 0 Å². The fourth-order valence-corrected chi connectivity index (χ4v) is 1.27. The van der Waals surface area contributed by atoms with Gasteiger partial charge in [-0.1, -0.05) is 18.2 Å². The Morgan fingerprint density at radius 2 is 2.10 bits per heavy atom. The lowest BCUT2D eigenvalue weighted by Crippen LogP contribution is -1.88. The Balaban J connectivity index is 2.81. The average molecular weight is 247 g/mol. The first kappa shape index (κ1) is 8.01. The van der Waals surface area contributed by atoms with Gasteiger partial charge in [-0.15, -0.1) is 0 Å². The molecule has 0 aliphatic heterocycles. The number of hydrogen-bond donors (Lipinski definition) is 0. The second-order valence-corrected chi connectivity index (χ2v) is 3.10. The van der Waals surface area contributed by atoms with Crippen LogP contribution in [0, 0.1) is 10.7 Å². The molecule has 0 saturated heterocycles. The zero-order chi connectivity index (χ0) is 7.40. The maximum atomic E-state index is 4.75. The Bertz CT molecular complexity index is 210. The van der Waals surface area contributed by atoms with E-state index in [9.17, 15) is 0 Å². The van der Waals surface area contributed by atoms with Crippen LogP contribution in [0.1, 0.15) is 5.56 Å². The molecule has 0 bridgehead atoms. The number of ether oxygens (including phenoxy) is 1. The average Bonchev–Trinajstić information content (AvgIpc) is 1.94. The summed E-state index contributed by atoms with van der Waals surface area (Å²) in [5, 5.41) is 0. The first-order valence-electron chi connectivity index (χ1n) is 2.95. The molecule has 0 aliphatic rings. The molecule has 1 aromatic rings. The van der Waals surface area contributed by atoms with E-state index in [2.05, 4.69) is 35.8 Å². The van der Waals surface area contributed by atoms with Crippen LogP contribution in [0.3, 0.4) is 0 Å². The van der Waals surface area contributed by atoms with Crippen LogP contribution in [0.25, 0.3) is 0 Å². The number of rotatable bonds is 2. The Labute approximate surface area is 74.5 Å². The molecule has 1 nitrogen and oxygen atoms in total. The van der Waals surface area contributed by atoms with Crippen LogP contribution in [0.4, 0.5) is 0 Å². The Morgan fingerprint density at radius 1 is 1.40 bits per heavy atom. The van der Waals surface area contributed by atoms with Crippen LogP contribution in [-0.4, -0.2) is 0 Å². The third kappa shape index (κ3) is 1.95. The molecule has 0 spiro atoms. The Morgan fingerprint density at radius 3 is 2.70 bits per heavy atom. The zero-order valence-corrected chi connectivity index (χ0v) is 7.67. The van der Waals surface area contributed by atoms with Crippen molar-refractivity contribution in [1.82, 2.24) is 0 Å². The maximum Gasteiger partial charge on any atom is 0.0728 e. The van der Waals surface area contributed by atoms with Gasteiger partial charge in [0, 0.05) is 3.57 Å². The molecule has 1 aromatic carbocycles. The summed E-state index contributed by atoms with van der Waals surface area (Å²) < 4.78 is 5.98. The van der Waals surface area contributed by atoms with Gasteiger partial charge >= 0.3 is 0 Å². The van der Waals surface area contributed by atoms with Crippen LogP contribution >= 0.6 is 22.6 Å². The minimum atomic E-state index is 0.596. The van der Waals surface area contributed by atoms with Crippen LogP contribution in [0.15, 0.2) is 24.3 Å². The lowest BCUT2D eigenvalue weighted by Gasteiger charge is -2.00. The second-order valence-electron chi connectivity index (χ2n) is 1.94. The molecule has 0 saturated carbocycles. The van der Waals surface area contributed by atoms with Crippen LogP contribution in [-0.2, 0) is 11.3 Å². The first-order chi connectivity index (χ1) is 4.84. The molecule has 0 fully saturated rings. The Kier molecular flexibility index (Phi) is 3.15. The molecule has 0 amide bonds. The summed E-state index contributed by atoms with van der Waals surface area (Å²) in [5.74, 6) is 0. The molecule has 0 aromatic heterocycles. The van der Waals surface area contributed by atoms with Gasteiger partial charge in [0.2, 0.25) is 0 Å². The summed E-state index contributed by atoms with van der Waals surface area (Å²) in [7, 11) is 3.32. The van der Waals surface area contributed by atoms with E-state index in [1.165, 1.54) is 9.13 Å². The minimum Gasteiger partial charge on any atom is -0.374 e. The van der Waals surface area contributed by atoms with E-state index in [1.807, 2.05) is 18.2 Å². The molecule has 0 aliphatic carbocycles. The van der Waals surface area contributed by atoms with Gasteiger partial charge in [-0.3, -0.25) is 0 Å². The summed E-state index contributed by atoms with van der Waals surface area (Å²) in [6.07, 6.45) is 0. The van der Waals surface area contributed by atoms with Crippen molar-refractivity contribution < 1.29 is 4.74 Å². The van der Waals surface area contributed by atoms with Gasteiger partial charge in [-0.2, -0.15) is 0 Å². The molecular formula is C8H8IO. The third-order valence-corrected chi connectivity index (χ3v) is 2.27. The fraction of sp³-hybridized carbons (Fsp3) is 0.125. The van der Waals surface area contributed by atoms with Crippen molar-refractivity contribution in [2.24, 2.45) is 0 Å². The van der Waals surface area contributed by atoms with Gasteiger partial charge in [-0.05, 0) is 34.2 Å². The quantitative estimate of drug-likeness (QED) is 0.730. The summed E-state index contributed by atoms with van der Waals surface area (Å²) in [4.78, 5) is 0. The normalized spacial score (nSPS) is 9.80. The Hall–Kier alpha value is -0.0900. The highest BCUT2D eigenvalue weighted by atomic mass is 127. The van der Waals surface area contributed by atoms with Crippen molar-refractivity contribution >= 4 is 22.6 Å². The van der Waals surface area contributed by atoms with Gasteiger partial charge in [0.1, 0.15) is 0 Å². The lowest BCUT2D eigenvalue weighted by atomic mass is 10.2. The fourth-order valence-electron chi connectivity index (χ4n) is 0.725. The number of benzene rings is 1. The second kappa shape index (κ2) is 3.93. The van der Waals surface area contributed by atoms with Gasteiger partial charge in [0.15, 0.2) is 0 Å². The molecule has 0 heterocycles. The molecule has 10 heavy (non-hydrogen) atoms. The SMILES string of the molecule is [CH2]OCc1ccccc1I. The van der Waals surface area contributed by atoms with Crippen LogP contribution < -0.4 is 0 Å². The maximum absolute atomic E-state index is 4.75. The van der Waals surface area contributed by atoms with Gasteiger partial charge in [-0.25, -0.2) is 0 Å². The molecule has 1 rings (SSSR count). The molecule has 0 unspecified atom stereocenters. The predicted octanol–water partition coefficient (Wildman–Crippen LogP) is 2.60. The van der Waals surface area contributed by atoms with E-state index in [4.69, 9.17) is 4.74 Å². The monoisotopic (exact) mass is 247 g/mol. The molecular weight excluding hydrogens is 239 g/mol. The first-order valence-corrected chi connectivity index (χ1v) is 4.03. The van der Waals surface area contributed by atoms with E-state index in [0.29, 0.717) is 6.61 Å². The molecule has 53 valence electrons. The number of hydrogen-bond acceptors (Lipinski definition) is 1. The summed E-state index contributed by atoms with van der Waals surface area (Å²) in [6, 6.07) is 8.09. The van der Waals surface area contributed by atoms with Crippen molar-refractivity contribution in [3.05, 3.63) is 40.5 Å². The summed E-state index contributed by atoms with van der Waals surface area (Å²) >= 11 is 2.28. The summed E-state index contributed by atoms with van der Waals surface area (Å²) in [6.45, 7) is 0.596. The van der Waals surface area contributed by atoms with Crippen molar-refractivity contribution in [2.45, 2.75) is 6.61 Å². The highest BCUT2D eigenvalue weighted by Gasteiger charge is 1.94. The van der Waals surface area contributed by atoms with Crippen LogP contribution in [0.5, 0.6) is 0 Å². The largest absolute Gasteiger partial charge is 0.374 e. The highest BCUT2D eigenvalue weighted by molar-refractivity contribution is 14.1. The third-order valence-electron chi connectivity index (χ3n) is 1.22. The lowest BCUT2D eigenvalue weighted by molar-refractivity contribution is 0.228. The van der Waals surface area contributed by atoms with Crippen molar-refractivity contribution in [1.29, 1.82) is 0 Å².